The van der Waals surface area contributed by atoms with E-state index in [4.69, 9.17) is 4.74 Å². The van der Waals surface area contributed by atoms with Crippen molar-refractivity contribution >= 4 is 5.82 Å². The molecule has 2 rings (SSSR count). The number of hydrogen-bond acceptors (Lipinski definition) is 3. The Morgan fingerprint density at radius 1 is 1.19 bits per heavy atom. The largest absolute Gasteiger partial charge is 0.488 e. The number of aryl methyl sites for hydroxylation is 1. The van der Waals surface area contributed by atoms with Crippen molar-refractivity contribution in [2.75, 3.05) is 25.1 Å². The van der Waals surface area contributed by atoms with E-state index in [0.29, 0.717) is 0 Å². The summed E-state index contributed by atoms with van der Waals surface area (Å²) in [6, 6.07) is 3.95. The first kappa shape index (κ1) is 14.8. The van der Waals surface area contributed by atoms with E-state index in [-0.39, 0.29) is 0 Å². The second-order valence-electron chi connectivity index (χ2n) is 3.04. The predicted molar refractivity (Wildman–Crippen MR) is 70.4 cm³/mol. The third-order valence-electron chi connectivity index (χ3n) is 2.02. The molecule has 0 saturated heterocycles. The molecule has 0 saturated carbocycles. The lowest BCUT2D eigenvalue weighted by Crippen LogP contribution is -2.29. The molecular weight excluding hydrogens is 200 g/mol. The van der Waals surface area contributed by atoms with Gasteiger partial charge in [0.2, 0.25) is 0 Å². The van der Waals surface area contributed by atoms with Crippen LogP contribution in [0.4, 0.5) is 5.82 Å². The molecule has 3 nitrogen and oxygen atoms in total. The Hall–Kier alpha value is -1.25. The van der Waals surface area contributed by atoms with Crippen molar-refractivity contribution in [1.29, 1.82) is 0 Å². The molecule has 0 bridgehead atoms. The lowest BCUT2D eigenvalue weighted by Gasteiger charge is -2.26. The van der Waals surface area contributed by atoms with Gasteiger partial charge in [-0.05, 0) is 19.1 Å². The number of fused-ring (bicyclic) bond motifs is 1. The van der Waals surface area contributed by atoms with Crippen molar-refractivity contribution in [1.82, 2.24) is 4.98 Å². The molecule has 92 valence electrons. The van der Waals surface area contributed by atoms with Crippen LogP contribution in [0.2, 0.25) is 0 Å². The molecule has 0 unspecified atom stereocenters. The molecule has 3 heteroatoms. The monoisotopic (exact) mass is 224 g/mol. The van der Waals surface area contributed by atoms with Crippen LogP contribution in [0.1, 0.15) is 33.4 Å². The fourth-order valence-corrected chi connectivity index (χ4v) is 1.31. The molecular formula is C13H24N2O. The quantitative estimate of drug-likeness (QED) is 0.676. The van der Waals surface area contributed by atoms with Crippen LogP contribution in [0.5, 0.6) is 5.75 Å². The summed E-state index contributed by atoms with van der Waals surface area (Å²) in [6.07, 6.45) is 0. The summed E-state index contributed by atoms with van der Waals surface area (Å²) in [5.41, 5.74) is 1.03. The molecule has 0 aliphatic carbocycles. The molecule has 0 N–H and O–H groups in total. The third kappa shape index (κ3) is 3.72. The number of likely N-dealkylation sites (N-methyl/N-ethyl adjacent to an activating group) is 1. The van der Waals surface area contributed by atoms with Gasteiger partial charge < -0.3 is 9.64 Å². The zero-order valence-electron chi connectivity index (χ0n) is 11.4. The topological polar surface area (TPSA) is 25.4 Å². The predicted octanol–water partition coefficient (Wildman–Crippen LogP) is 3.27. The maximum absolute atomic E-state index is 5.44. The highest BCUT2D eigenvalue weighted by atomic mass is 16.5. The molecule has 0 radical (unpaired) electrons. The Labute approximate surface area is 99.4 Å². The molecule has 0 aromatic carbocycles. The zero-order chi connectivity index (χ0) is 12.6. The molecule has 2 heterocycles. The van der Waals surface area contributed by atoms with Crippen LogP contribution in [-0.2, 0) is 0 Å². The SMILES string of the molecule is CC.CC.Cc1ccc2c(n1)N(C)CCO2. The molecule has 1 aliphatic rings. The van der Waals surface area contributed by atoms with Gasteiger partial charge in [-0.2, -0.15) is 0 Å². The molecule has 0 fully saturated rings. The summed E-state index contributed by atoms with van der Waals surface area (Å²) in [4.78, 5) is 6.51. The lowest BCUT2D eigenvalue weighted by atomic mass is 10.3. The molecule has 0 spiro atoms. The van der Waals surface area contributed by atoms with Crippen LogP contribution < -0.4 is 9.64 Å². The minimum Gasteiger partial charge on any atom is -0.488 e. The average Bonchev–Trinajstić information content (AvgIpc) is 2.35. The third-order valence-corrected chi connectivity index (χ3v) is 2.02. The van der Waals surface area contributed by atoms with Crippen LogP contribution in [-0.4, -0.2) is 25.2 Å². The Balaban J connectivity index is 0.000000509. The van der Waals surface area contributed by atoms with Gasteiger partial charge >= 0.3 is 0 Å². The van der Waals surface area contributed by atoms with Gasteiger partial charge in [0, 0.05) is 12.7 Å². The highest BCUT2D eigenvalue weighted by molar-refractivity contribution is 5.53. The normalized spacial score (nSPS) is 12.2. The summed E-state index contributed by atoms with van der Waals surface area (Å²) in [5, 5.41) is 0. The van der Waals surface area contributed by atoms with Crippen molar-refractivity contribution < 1.29 is 4.74 Å². The molecule has 1 aromatic heterocycles. The Kier molecular flexibility index (Phi) is 7.34. The first-order chi connectivity index (χ1) is 7.77. The van der Waals surface area contributed by atoms with Gasteiger partial charge in [0.1, 0.15) is 6.61 Å². The first-order valence-electron chi connectivity index (χ1n) is 6.09. The number of ether oxygens (including phenoxy) is 1. The first-order valence-corrected chi connectivity index (χ1v) is 6.09. The standard InChI is InChI=1S/C9H12N2O.2C2H6/c1-7-3-4-8-9(10-7)11(2)5-6-12-8;2*1-2/h3-4H,5-6H2,1-2H3;2*1-2H3. The van der Waals surface area contributed by atoms with Crippen LogP contribution in [0, 0.1) is 6.92 Å². The summed E-state index contributed by atoms with van der Waals surface area (Å²) in [6.45, 7) is 11.7. The van der Waals surface area contributed by atoms with Crippen LogP contribution >= 0.6 is 0 Å². The smallest absolute Gasteiger partial charge is 0.171 e. The Morgan fingerprint density at radius 2 is 1.81 bits per heavy atom. The molecule has 1 aromatic rings. The maximum Gasteiger partial charge on any atom is 0.171 e. The van der Waals surface area contributed by atoms with E-state index in [2.05, 4.69) is 9.88 Å². The van der Waals surface area contributed by atoms with E-state index in [9.17, 15) is 0 Å². The molecule has 16 heavy (non-hydrogen) atoms. The minimum atomic E-state index is 0.758. The van der Waals surface area contributed by atoms with E-state index >= 15 is 0 Å². The van der Waals surface area contributed by atoms with Crippen molar-refractivity contribution in [3.8, 4) is 5.75 Å². The number of nitrogens with zero attached hydrogens (tertiary/aromatic N) is 2. The minimum absolute atomic E-state index is 0.758. The van der Waals surface area contributed by atoms with E-state index < -0.39 is 0 Å². The van der Waals surface area contributed by atoms with Crippen molar-refractivity contribution in [2.24, 2.45) is 0 Å². The van der Waals surface area contributed by atoms with Gasteiger partial charge in [0.25, 0.3) is 0 Å². The maximum atomic E-state index is 5.44. The van der Waals surface area contributed by atoms with E-state index in [1.807, 2.05) is 53.8 Å². The average molecular weight is 224 g/mol. The van der Waals surface area contributed by atoms with Crippen molar-refractivity contribution in [3.05, 3.63) is 17.8 Å². The fraction of sp³-hybridized carbons (Fsp3) is 0.615. The van der Waals surface area contributed by atoms with Crippen molar-refractivity contribution in [2.45, 2.75) is 34.6 Å². The number of pyridine rings is 1. The van der Waals surface area contributed by atoms with Gasteiger partial charge in [-0.25, -0.2) is 4.98 Å². The number of anilines is 1. The molecule has 0 atom stereocenters. The highest BCUT2D eigenvalue weighted by Gasteiger charge is 2.15. The second kappa shape index (κ2) is 7.97. The molecule has 0 amide bonds. The number of aromatic nitrogens is 1. The molecule has 1 aliphatic heterocycles. The van der Waals surface area contributed by atoms with Crippen LogP contribution in [0.25, 0.3) is 0 Å². The number of rotatable bonds is 0. The summed E-state index contributed by atoms with van der Waals surface area (Å²) >= 11 is 0. The van der Waals surface area contributed by atoms with Gasteiger partial charge in [-0.3, -0.25) is 0 Å². The van der Waals surface area contributed by atoms with Gasteiger partial charge in [0.05, 0.1) is 6.54 Å². The van der Waals surface area contributed by atoms with E-state index in [1.54, 1.807) is 0 Å². The second-order valence-corrected chi connectivity index (χ2v) is 3.04. The van der Waals surface area contributed by atoms with Gasteiger partial charge in [-0.15, -0.1) is 0 Å². The lowest BCUT2D eigenvalue weighted by molar-refractivity contribution is 0.309. The van der Waals surface area contributed by atoms with E-state index in [0.717, 1.165) is 30.4 Å². The summed E-state index contributed by atoms with van der Waals surface area (Å²) in [7, 11) is 2.04. The van der Waals surface area contributed by atoms with E-state index in [1.165, 1.54) is 0 Å². The van der Waals surface area contributed by atoms with Gasteiger partial charge in [-0.1, -0.05) is 27.7 Å². The summed E-state index contributed by atoms with van der Waals surface area (Å²) in [5.74, 6) is 1.86. The number of hydrogen-bond donors (Lipinski definition) is 0. The Bertz CT molecular complexity index is 300. The Morgan fingerprint density at radius 3 is 2.44 bits per heavy atom. The zero-order valence-corrected chi connectivity index (χ0v) is 11.4. The summed E-state index contributed by atoms with van der Waals surface area (Å²) < 4.78 is 5.44. The fourth-order valence-electron chi connectivity index (χ4n) is 1.31. The van der Waals surface area contributed by atoms with Crippen molar-refractivity contribution in [3.63, 3.8) is 0 Å². The van der Waals surface area contributed by atoms with Crippen LogP contribution in [0.3, 0.4) is 0 Å². The van der Waals surface area contributed by atoms with Gasteiger partial charge in [0.15, 0.2) is 11.6 Å². The van der Waals surface area contributed by atoms with Crippen LogP contribution in [0.15, 0.2) is 12.1 Å². The highest BCUT2D eigenvalue weighted by Crippen LogP contribution is 2.27.